The minimum Gasteiger partial charge on any atom is -0.487 e. The van der Waals surface area contributed by atoms with Crippen molar-refractivity contribution in [1.82, 2.24) is 5.32 Å². The third-order valence-corrected chi connectivity index (χ3v) is 4.99. The highest BCUT2D eigenvalue weighted by molar-refractivity contribution is 7.92. The van der Waals surface area contributed by atoms with Crippen molar-refractivity contribution in [1.29, 1.82) is 0 Å². The Balaban J connectivity index is 1.79. The number of carbonyl (C=O) groups excluding carboxylic acids is 1. The predicted octanol–water partition coefficient (Wildman–Crippen LogP) is 3.40. The molecule has 0 unspecified atom stereocenters. The molecular formula is C20H24N2O4S. The van der Waals surface area contributed by atoms with E-state index in [0.29, 0.717) is 17.7 Å². The number of hydrogen-bond acceptors (Lipinski definition) is 4. The van der Waals surface area contributed by atoms with Gasteiger partial charge in [0.1, 0.15) is 11.4 Å². The summed E-state index contributed by atoms with van der Waals surface area (Å²) in [4.78, 5) is 12.7. The van der Waals surface area contributed by atoms with E-state index < -0.39 is 10.0 Å². The highest BCUT2D eigenvalue weighted by atomic mass is 32.2. The van der Waals surface area contributed by atoms with Crippen molar-refractivity contribution in [2.45, 2.75) is 38.8 Å². The second-order valence-electron chi connectivity index (χ2n) is 7.58. The van der Waals surface area contributed by atoms with Crippen molar-refractivity contribution in [3.8, 4) is 5.75 Å². The molecule has 0 saturated heterocycles. The van der Waals surface area contributed by atoms with Crippen LogP contribution in [-0.4, -0.2) is 26.2 Å². The minimum absolute atomic E-state index is 0.161. The van der Waals surface area contributed by atoms with Crippen LogP contribution in [0.1, 0.15) is 47.8 Å². The molecule has 0 fully saturated rings. The highest BCUT2D eigenvalue weighted by Crippen LogP contribution is 2.40. The van der Waals surface area contributed by atoms with Gasteiger partial charge in [-0.3, -0.25) is 9.52 Å². The van der Waals surface area contributed by atoms with Crippen molar-refractivity contribution in [2.24, 2.45) is 0 Å². The molecule has 0 saturated carbocycles. The largest absolute Gasteiger partial charge is 0.487 e. The summed E-state index contributed by atoms with van der Waals surface area (Å²) in [5.74, 6) is 0.583. The van der Waals surface area contributed by atoms with Gasteiger partial charge in [0.15, 0.2) is 0 Å². The number of carbonyl (C=O) groups is 1. The molecule has 1 heterocycles. The van der Waals surface area contributed by atoms with Crippen LogP contribution in [0.25, 0.3) is 0 Å². The predicted molar refractivity (Wildman–Crippen MR) is 106 cm³/mol. The number of benzene rings is 2. The van der Waals surface area contributed by atoms with Crippen LogP contribution in [0.15, 0.2) is 42.5 Å². The fraction of sp³-hybridized carbons (Fsp3) is 0.350. The third-order valence-electron chi connectivity index (χ3n) is 4.38. The SMILES string of the molecule is Cc1ccc2c(c1)OC(C)(C)C[C@@H]2NC(=O)c1ccc(NS(C)(=O)=O)cc1. The number of fused-ring (bicyclic) bond motifs is 1. The summed E-state index contributed by atoms with van der Waals surface area (Å²) >= 11 is 0. The maximum Gasteiger partial charge on any atom is 0.251 e. The first-order valence-corrected chi connectivity index (χ1v) is 10.6. The smallest absolute Gasteiger partial charge is 0.251 e. The molecule has 0 radical (unpaired) electrons. The van der Waals surface area contributed by atoms with E-state index in [1.807, 2.05) is 39.0 Å². The molecule has 1 aliphatic heterocycles. The zero-order valence-electron chi connectivity index (χ0n) is 15.9. The van der Waals surface area contributed by atoms with Crippen LogP contribution in [0, 0.1) is 6.92 Å². The number of hydrogen-bond donors (Lipinski definition) is 2. The molecule has 1 atom stereocenters. The zero-order chi connectivity index (χ0) is 19.8. The molecule has 2 N–H and O–H groups in total. The lowest BCUT2D eigenvalue weighted by Crippen LogP contribution is -2.41. The maximum atomic E-state index is 12.7. The van der Waals surface area contributed by atoms with Gasteiger partial charge in [0, 0.05) is 23.2 Å². The van der Waals surface area contributed by atoms with Gasteiger partial charge in [-0.1, -0.05) is 12.1 Å². The van der Waals surface area contributed by atoms with Crippen LogP contribution >= 0.6 is 0 Å². The molecule has 2 aromatic carbocycles. The summed E-state index contributed by atoms with van der Waals surface area (Å²) in [7, 11) is -3.35. The Labute approximate surface area is 160 Å². The van der Waals surface area contributed by atoms with E-state index in [2.05, 4.69) is 10.0 Å². The Hall–Kier alpha value is -2.54. The summed E-state index contributed by atoms with van der Waals surface area (Å²) in [6.07, 6.45) is 1.74. The Kier molecular flexibility index (Phi) is 4.90. The lowest BCUT2D eigenvalue weighted by molar-refractivity contribution is 0.0619. The average molecular weight is 388 g/mol. The second kappa shape index (κ2) is 6.88. The van der Waals surface area contributed by atoms with Gasteiger partial charge in [-0.2, -0.15) is 0 Å². The van der Waals surface area contributed by atoms with Gasteiger partial charge < -0.3 is 10.1 Å². The van der Waals surface area contributed by atoms with E-state index in [4.69, 9.17) is 4.74 Å². The number of aryl methyl sites for hydroxylation is 1. The first kappa shape index (κ1) is 19.2. The normalized spacial score (nSPS) is 18.1. The number of nitrogens with one attached hydrogen (secondary N) is 2. The van der Waals surface area contributed by atoms with E-state index >= 15 is 0 Å². The van der Waals surface area contributed by atoms with Crippen LogP contribution in [0.5, 0.6) is 5.75 Å². The van der Waals surface area contributed by atoms with Gasteiger partial charge in [0.2, 0.25) is 10.0 Å². The van der Waals surface area contributed by atoms with Crippen LogP contribution in [0.4, 0.5) is 5.69 Å². The molecule has 2 aromatic rings. The van der Waals surface area contributed by atoms with Gasteiger partial charge in [0.25, 0.3) is 5.91 Å². The minimum atomic E-state index is -3.35. The molecule has 1 aliphatic rings. The molecule has 6 nitrogen and oxygen atoms in total. The van der Waals surface area contributed by atoms with Crippen molar-refractivity contribution in [2.75, 3.05) is 11.0 Å². The zero-order valence-corrected chi connectivity index (χ0v) is 16.7. The van der Waals surface area contributed by atoms with E-state index in [1.165, 1.54) is 0 Å². The van der Waals surface area contributed by atoms with Gasteiger partial charge in [-0.15, -0.1) is 0 Å². The van der Waals surface area contributed by atoms with Crippen molar-refractivity contribution in [3.05, 3.63) is 59.2 Å². The molecule has 0 aromatic heterocycles. The average Bonchev–Trinajstić information content (AvgIpc) is 2.52. The summed E-state index contributed by atoms with van der Waals surface area (Å²) in [6.45, 7) is 6.01. The molecule has 0 aliphatic carbocycles. The fourth-order valence-corrected chi connectivity index (χ4v) is 3.80. The Morgan fingerprint density at radius 1 is 1.15 bits per heavy atom. The van der Waals surface area contributed by atoms with Gasteiger partial charge >= 0.3 is 0 Å². The molecule has 1 amide bonds. The number of sulfonamides is 1. The summed E-state index contributed by atoms with van der Waals surface area (Å²) in [5, 5.41) is 3.08. The number of anilines is 1. The van der Waals surface area contributed by atoms with Crippen LogP contribution in [0.2, 0.25) is 0 Å². The lowest BCUT2D eigenvalue weighted by Gasteiger charge is -2.38. The van der Waals surface area contributed by atoms with E-state index in [9.17, 15) is 13.2 Å². The number of amides is 1. The topological polar surface area (TPSA) is 84.5 Å². The standard InChI is InChI=1S/C20H24N2O4S/c1-13-5-10-16-17(12-20(2,3)26-18(16)11-13)21-19(23)14-6-8-15(9-7-14)22-27(4,24)25/h5-11,17,22H,12H2,1-4H3,(H,21,23)/t17-/m0/s1. The number of rotatable bonds is 4. The van der Waals surface area contributed by atoms with Crippen LogP contribution < -0.4 is 14.8 Å². The maximum absolute atomic E-state index is 12.7. The van der Waals surface area contributed by atoms with Crippen molar-refractivity contribution < 1.29 is 17.9 Å². The van der Waals surface area contributed by atoms with Gasteiger partial charge in [0.05, 0.1) is 12.3 Å². The Morgan fingerprint density at radius 2 is 1.81 bits per heavy atom. The van der Waals surface area contributed by atoms with Gasteiger partial charge in [-0.05, 0) is 56.7 Å². The van der Waals surface area contributed by atoms with E-state index in [0.717, 1.165) is 23.1 Å². The second-order valence-corrected chi connectivity index (χ2v) is 9.33. The number of ether oxygens (including phenoxy) is 1. The first-order chi connectivity index (χ1) is 12.5. The van der Waals surface area contributed by atoms with Crippen LogP contribution in [-0.2, 0) is 10.0 Å². The molecule has 0 bridgehead atoms. The van der Waals surface area contributed by atoms with Crippen LogP contribution in [0.3, 0.4) is 0 Å². The monoisotopic (exact) mass is 388 g/mol. The summed E-state index contributed by atoms with van der Waals surface area (Å²) < 4.78 is 31.0. The molecule has 7 heteroatoms. The third kappa shape index (κ3) is 4.80. The highest BCUT2D eigenvalue weighted by Gasteiger charge is 2.34. The van der Waals surface area contributed by atoms with Gasteiger partial charge in [-0.25, -0.2) is 8.42 Å². The summed E-state index contributed by atoms with van der Waals surface area (Å²) in [5.41, 5.74) is 2.56. The molecule has 0 spiro atoms. The Morgan fingerprint density at radius 3 is 2.44 bits per heavy atom. The van der Waals surface area contributed by atoms with Crippen molar-refractivity contribution in [3.63, 3.8) is 0 Å². The first-order valence-electron chi connectivity index (χ1n) is 8.71. The quantitative estimate of drug-likeness (QED) is 0.841. The Bertz CT molecular complexity index is 966. The lowest BCUT2D eigenvalue weighted by atomic mass is 9.89. The molecular weight excluding hydrogens is 364 g/mol. The molecule has 144 valence electrons. The molecule has 27 heavy (non-hydrogen) atoms. The summed E-state index contributed by atoms with van der Waals surface area (Å²) in [6, 6.07) is 12.2. The van der Waals surface area contributed by atoms with E-state index in [1.54, 1.807) is 24.3 Å². The van der Waals surface area contributed by atoms with E-state index in [-0.39, 0.29) is 17.6 Å². The fourth-order valence-electron chi connectivity index (χ4n) is 3.23. The van der Waals surface area contributed by atoms with Crippen molar-refractivity contribution >= 4 is 21.6 Å². The molecule has 3 rings (SSSR count).